The van der Waals surface area contributed by atoms with Crippen molar-refractivity contribution in [1.82, 2.24) is 0 Å². The minimum absolute atomic E-state index is 0.750. The molecular formula is C13H26N2O2. The minimum atomic E-state index is 0.750. The molecule has 0 aromatic heterocycles. The van der Waals surface area contributed by atoms with E-state index in [4.69, 9.17) is 20.4 Å². The van der Waals surface area contributed by atoms with Crippen molar-refractivity contribution in [2.24, 2.45) is 11.8 Å². The normalized spacial score (nSPS) is 8.35. The number of nitrogens with one attached hydrogen (secondary N) is 2. The van der Waals surface area contributed by atoms with E-state index in [1.165, 1.54) is 32.1 Å². The summed E-state index contributed by atoms with van der Waals surface area (Å²) in [5, 5.41) is 10.8. The summed E-state index contributed by atoms with van der Waals surface area (Å²) >= 11 is 0. The molecule has 0 saturated carbocycles. The zero-order valence-corrected chi connectivity index (χ0v) is 11.5. The molecule has 0 radical (unpaired) electrons. The van der Waals surface area contributed by atoms with Crippen molar-refractivity contribution < 1.29 is 9.59 Å². The Labute approximate surface area is 105 Å². The molecule has 0 fully saturated rings. The Morgan fingerprint density at radius 1 is 0.765 bits per heavy atom. The molecule has 0 aromatic rings. The lowest BCUT2D eigenvalue weighted by Gasteiger charge is -2.18. The molecule has 0 aliphatic carbocycles. The van der Waals surface area contributed by atoms with Crippen LogP contribution in [0.2, 0.25) is 0 Å². The van der Waals surface area contributed by atoms with Gasteiger partial charge in [0.2, 0.25) is 12.2 Å². The fourth-order valence-corrected chi connectivity index (χ4v) is 1.72. The summed E-state index contributed by atoms with van der Waals surface area (Å²) in [4.78, 5) is 16.7. The summed E-state index contributed by atoms with van der Waals surface area (Å²) in [6.45, 7) is 9.26. The van der Waals surface area contributed by atoms with Crippen LogP contribution in [0.4, 0.5) is 0 Å². The van der Waals surface area contributed by atoms with Gasteiger partial charge in [-0.3, -0.25) is 0 Å². The van der Waals surface area contributed by atoms with Crippen LogP contribution in [0.1, 0.15) is 59.8 Å². The molecule has 0 amide bonds. The molecule has 0 unspecified atom stereocenters. The fourth-order valence-electron chi connectivity index (χ4n) is 1.72. The predicted molar refractivity (Wildman–Crippen MR) is 69.6 cm³/mol. The summed E-state index contributed by atoms with van der Waals surface area (Å²) in [6.07, 6.45) is 8.43. The average molecular weight is 242 g/mol. The van der Waals surface area contributed by atoms with Gasteiger partial charge in [-0.1, -0.05) is 53.4 Å². The Bertz CT molecular complexity index is 175. The van der Waals surface area contributed by atoms with Gasteiger partial charge in [0.25, 0.3) is 0 Å². The SMILES string of the molecule is CCC(CC)CC(CC)CC.N=C=O.N=C=O. The number of isocyanates is 2. The lowest BCUT2D eigenvalue weighted by Crippen LogP contribution is -2.05. The standard InChI is InChI=1S/C11H24.2CHNO/c1-5-10(6-2)9-11(7-3)8-4;2*2-1-3/h10-11H,5-9H2,1-4H3;2*2H. The van der Waals surface area contributed by atoms with Gasteiger partial charge in [-0.15, -0.1) is 0 Å². The van der Waals surface area contributed by atoms with Crippen LogP contribution in [0.5, 0.6) is 0 Å². The monoisotopic (exact) mass is 242 g/mol. The highest BCUT2D eigenvalue weighted by atomic mass is 16.1. The van der Waals surface area contributed by atoms with Crippen molar-refractivity contribution in [3.63, 3.8) is 0 Å². The van der Waals surface area contributed by atoms with Crippen molar-refractivity contribution in [3.8, 4) is 0 Å². The minimum Gasteiger partial charge on any atom is -0.222 e. The van der Waals surface area contributed by atoms with E-state index in [2.05, 4.69) is 27.7 Å². The summed E-state index contributed by atoms with van der Waals surface area (Å²) in [5.74, 6) is 1.97. The third-order valence-electron chi connectivity index (χ3n) is 2.98. The summed E-state index contributed by atoms with van der Waals surface area (Å²) in [5.41, 5.74) is 0. The van der Waals surface area contributed by atoms with Gasteiger partial charge in [-0.25, -0.2) is 20.4 Å². The molecule has 4 nitrogen and oxygen atoms in total. The van der Waals surface area contributed by atoms with E-state index in [1.54, 1.807) is 0 Å². The average Bonchev–Trinajstić information content (AvgIpc) is 2.33. The molecule has 0 atom stereocenters. The molecule has 0 rings (SSSR count). The quantitative estimate of drug-likeness (QED) is 0.544. The fraction of sp³-hybridized carbons (Fsp3) is 0.846. The second kappa shape index (κ2) is 20.2. The van der Waals surface area contributed by atoms with Crippen molar-refractivity contribution in [1.29, 1.82) is 10.8 Å². The smallest absolute Gasteiger partial charge is 0.222 e. The molecular weight excluding hydrogens is 216 g/mol. The molecule has 17 heavy (non-hydrogen) atoms. The molecule has 0 bridgehead atoms. The van der Waals surface area contributed by atoms with E-state index < -0.39 is 0 Å². The molecule has 100 valence electrons. The van der Waals surface area contributed by atoms with Gasteiger partial charge in [-0.2, -0.15) is 0 Å². The van der Waals surface area contributed by atoms with Crippen molar-refractivity contribution >= 4 is 12.2 Å². The largest absolute Gasteiger partial charge is 0.231 e. The summed E-state index contributed by atoms with van der Waals surface area (Å²) in [6, 6.07) is 0. The lowest BCUT2D eigenvalue weighted by atomic mass is 9.88. The summed E-state index contributed by atoms with van der Waals surface area (Å²) in [7, 11) is 0. The van der Waals surface area contributed by atoms with Crippen LogP contribution in [0, 0.1) is 22.7 Å². The molecule has 0 spiro atoms. The first-order valence-corrected chi connectivity index (χ1v) is 6.19. The van der Waals surface area contributed by atoms with E-state index in [9.17, 15) is 0 Å². The van der Waals surface area contributed by atoms with Crippen molar-refractivity contribution in [2.45, 2.75) is 59.8 Å². The Morgan fingerprint density at radius 2 is 0.941 bits per heavy atom. The van der Waals surface area contributed by atoms with Crippen molar-refractivity contribution in [2.75, 3.05) is 0 Å². The zero-order valence-electron chi connectivity index (χ0n) is 11.5. The third kappa shape index (κ3) is 20.8. The van der Waals surface area contributed by atoms with E-state index >= 15 is 0 Å². The van der Waals surface area contributed by atoms with Crippen LogP contribution in [0.3, 0.4) is 0 Å². The van der Waals surface area contributed by atoms with Crippen LogP contribution in [-0.4, -0.2) is 12.2 Å². The molecule has 0 heterocycles. The number of rotatable bonds is 6. The van der Waals surface area contributed by atoms with Crippen LogP contribution in [0.15, 0.2) is 0 Å². The predicted octanol–water partition coefficient (Wildman–Crippen LogP) is 4.05. The highest BCUT2D eigenvalue weighted by molar-refractivity contribution is 5.26. The van der Waals surface area contributed by atoms with Gasteiger partial charge in [-0.05, 0) is 18.3 Å². The van der Waals surface area contributed by atoms with Crippen LogP contribution >= 0.6 is 0 Å². The Hall–Kier alpha value is -1.24. The highest BCUT2D eigenvalue weighted by Gasteiger charge is 2.09. The first-order chi connectivity index (χ1) is 8.11. The van der Waals surface area contributed by atoms with Crippen molar-refractivity contribution in [3.05, 3.63) is 0 Å². The molecule has 4 heteroatoms. The van der Waals surface area contributed by atoms with Crippen LogP contribution in [0.25, 0.3) is 0 Å². The van der Waals surface area contributed by atoms with Crippen LogP contribution in [-0.2, 0) is 9.59 Å². The number of hydrogen-bond acceptors (Lipinski definition) is 4. The van der Waals surface area contributed by atoms with Gasteiger partial charge in [0.15, 0.2) is 0 Å². The topological polar surface area (TPSA) is 81.8 Å². The molecule has 0 aliphatic heterocycles. The van der Waals surface area contributed by atoms with Gasteiger partial charge >= 0.3 is 0 Å². The van der Waals surface area contributed by atoms with Gasteiger partial charge in [0, 0.05) is 0 Å². The maximum absolute atomic E-state index is 8.35. The van der Waals surface area contributed by atoms with E-state index in [0.29, 0.717) is 0 Å². The number of carbonyl (C=O) groups excluding carboxylic acids is 2. The Kier molecular flexibility index (Phi) is 25.1. The lowest BCUT2D eigenvalue weighted by molar-refractivity contribution is 0.338. The Morgan fingerprint density at radius 3 is 1.06 bits per heavy atom. The van der Waals surface area contributed by atoms with Gasteiger partial charge in [0.05, 0.1) is 0 Å². The second-order valence-electron chi connectivity index (χ2n) is 3.80. The molecule has 2 N–H and O–H groups in total. The molecule has 0 aliphatic rings. The highest BCUT2D eigenvalue weighted by Crippen LogP contribution is 2.23. The van der Waals surface area contributed by atoms with Crippen LogP contribution < -0.4 is 0 Å². The Balaban J connectivity index is -0.000000273. The zero-order chi connectivity index (χ0) is 14.1. The third-order valence-corrected chi connectivity index (χ3v) is 2.98. The summed E-state index contributed by atoms with van der Waals surface area (Å²) < 4.78 is 0. The van der Waals surface area contributed by atoms with E-state index in [1.807, 2.05) is 0 Å². The number of hydrogen-bond donors (Lipinski definition) is 2. The van der Waals surface area contributed by atoms with Gasteiger partial charge in [0.1, 0.15) is 0 Å². The first-order valence-electron chi connectivity index (χ1n) is 6.19. The van der Waals surface area contributed by atoms with E-state index in [0.717, 1.165) is 24.0 Å². The van der Waals surface area contributed by atoms with E-state index in [-0.39, 0.29) is 0 Å². The van der Waals surface area contributed by atoms with Gasteiger partial charge < -0.3 is 0 Å². The first kappa shape index (κ1) is 21.1. The maximum atomic E-state index is 8.35. The maximum Gasteiger partial charge on any atom is 0.231 e. The molecule has 0 aromatic carbocycles. The molecule has 0 saturated heterocycles. The second-order valence-corrected chi connectivity index (χ2v) is 3.80.